The van der Waals surface area contributed by atoms with Crippen LogP contribution in [0, 0.1) is 5.82 Å². The maximum absolute atomic E-state index is 12.7. The molecular formula is C13H17FN2O. The first-order valence-electron chi connectivity index (χ1n) is 6.01. The van der Waals surface area contributed by atoms with Crippen molar-refractivity contribution in [3.05, 3.63) is 35.6 Å². The lowest BCUT2D eigenvalue weighted by molar-refractivity contribution is -0.123. The second kappa shape index (κ2) is 5.77. The minimum atomic E-state index is -0.256. The summed E-state index contributed by atoms with van der Waals surface area (Å²) in [5.74, 6) is -0.219. The minimum Gasteiger partial charge on any atom is -0.351 e. The van der Waals surface area contributed by atoms with Crippen LogP contribution in [0.2, 0.25) is 0 Å². The molecule has 1 aliphatic heterocycles. The maximum Gasteiger partial charge on any atom is 0.237 e. The molecule has 0 aliphatic carbocycles. The summed E-state index contributed by atoms with van der Waals surface area (Å²) in [6, 6.07) is 6.11. The molecule has 0 bridgehead atoms. The van der Waals surface area contributed by atoms with E-state index in [1.54, 1.807) is 12.1 Å². The van der Waals surface area contributed by atoms with E-state index in [2.05, 4.69) is 10.6 Å². The summed E-state index contributed by atoms with van der Waals surface area (Å²) in [6.07, 6.45) is 3.14. The van der Waals surface area contributed by atoms with E-state index < -0.39 is 0 Å². The molecule has 1 aromatic carbocycles. The topological polar surface area (TPSA) is 41.1 Å². The van der Waals surface area contributed by atoms with E-state index in [1.807, 2.05) is 0 Å². The fourth-order valence-corrected chi connectivity index (χ4v) is 1.99. The molecule has 0 aromatic heterocycles. The van der Waals surface area contributed by atoms with Crippen molar-refractivity contribution in [2.24, 2.45) is 0 Å². The SMILES string of the molecule is O=C(NCc1ccc(F)cc1)[C@H]1CCCCN1. The normalized spacial score (nSPS) is 19.9. The van der Waals surface area contributed by atoms with Gasteiger partial charge in [0.2, 0.25) is 5.91 Å². The second-order valence-corrected chi connectivity index (χ2v) is 4.35. The Morgan fingerprint density at radius 1 is 1.35 bits per heavy atom. The molecule has 0 unspecified atom stereocenters. The lowest BCUT2D eigenvalue weighted by Gasteiger charge is -2.22. The highest BCUT2D eigenvalue weighted by molar-refractivity contribution is 5.81. The number of hydrogen-bond acceptors (Lipinski definition) is 2. The smallest absolute Gasteiger partial charge is 0.237 e. The molecule has 4 heteroatoms. The van der Waals surface area contributed by atoms with Gasteiger partial charge in [0, 0.05) is 6.54 Å². The Morgan fingerprint density at radius 2 is 2.12 bits per heavy atom. The van der Waals surface area contributed by atoms with Crippen molar-refractivity contribution in [2.45, 2.75) is 31.8 Å². The van der Waals surface area contributed by atoms with Gasteiger partial charge in [0.05, 0.1) is 6.04 Å². The van der Waals surface area contributed by atoms with Gasteiger partial charge in [-0.05, 0) is 37.1 Å². The standard InChI is InChI=1S/C13H17FN2O/c14-11-6-4-10(5-7-11)9-16-13(17)12-3-1-2-8-15-12/h4-7,12,15H,1-3,8-9H2,(H,16,17)/t12-/m1/s1. The van der Waals surface area contributed by atoms with Gasteiger partial charge in [-0.2, -0.15) is 0 Å². The molecule has 1 fully saturated rings. The zero-order chi connectivity index (χ0) is 12.1. The Kier molecular flexibility index (Phi) is 4.09. The van der Waals surface area contributed by atoms with Crippen LogP contribution < -0.4 is 10.6 Å². The molecule has 1 aliphatic rings. The van der Waals surface area contributed by atoms with E-state index in [0.29, 0.717) is 6.54 Å². The van der Waals surface area contributed by atoms with E-state index in [-0.39, 0.29) is 17.8 Å². The van der Waals surface area contributed by atoms with Crippen LogP contribution in [0.5, 0.6) is 0 Å². The van der Waals surface area contributed by atoms with Crippen molar-refractivity contribution >= 4 is 5.91 Å². The zero-order valence-electron chi connectivity index (χ0n) is 9.71. The van der Waals surface area contributed by atoms with Crippen molar-refractivity contribution in [1.82, 2.24) is 10.6 Å². The van der Waals surface area contributed by atoms with Gasteiger partial charge in [-0.1, -0.05) is 18.6 Å². The van der Waals surface area contributed by atoms with Gasteiger partial charge in [0.25, 0.3) is 0 Å². The Bertz CT molecular complexity index is 372. The van der Waals surface area contributed by atoms with Crippen molar-refractivity contribution < 1.29 is 9.18 Å². The molecule has 0 radical (unpaired) electrons. The van der Waals surface area contributed by atoms with Gasteiger partial charge >= 0.3 is 0 Å². The largest absolute Gasteiger partial charge is 0.351 e. The highest BCUT2D eigenvalue weighted by atomic mass is 19.1. The van der Waals surface area contributed by atoms with Crippen molar-refractivity contribution in [2.75, 3.05) is 6.54 Å². The molecular weight excluding hydrogens is 219 g/mol. The van der Waals surface area contributed by atoms with Gasteiger partial charge in [0.1, 0.15) is 5.82 Å². The molecule has 1 atom stereocenters. The van der Waals surface area contributed by atoms with Gasteiger partial charge in [0.15, 0.2) is 0 Å². The monoisotopic (exact) mass is 236 g/mol. The predicted octanol–water partition coefficient (Wildman–Crippen LogP) is 1.58. The van der Waals surface area contributed by atoms with Crippen LogP contribution in [-0.4, -0.2) is 18.5 Å². The molecule has 17 heavy (non-hydrogen) atoms. The highest BCUT2D eigenvalue weighted by Crippen LogP contribution is 2.07. The number of hydrogen-bond donors (Lipinski definition) is 2. The van der Waals surface area contributed by atoms with Crippen LogP contribution in [0.3, 0.4) is 0 Å². The third-order valence-electron chi connectivity index (χ3n) is 3.01. The number of amides is 1. The summed E-state index contributed by atoms with van der Waals surface area (Å²) >= 11 is 0. The number of rotatable bonds is 3. The molecule has 1 amide bonds. The van der Waals surface area contributed by atoms with Gasteiger partial charge < -0.3 is 10.6 Å². The van der Waals surface area contributed by atoms with Gasteiger partial charge in [-0.25, -0.2) is 4.39 Å². The highest BCUT2D eigenvalue weighted by Gasteiger charge is 2.19. The van der Waals surface area contributed by atoms with Gasteiger partial charge in [-0.15, -0.1) is 0 Å². The summed E-state index contributed by atoms with van der Waals surface area (Å²) < 4.78 is 12.7. The zero-order valence-corrected chi connectivity index (χ0v) is 9.71. The van der Waals surface area contributed by atoms with E-state index in [4.69, 9.17) is 0 Å². The number of halogens is 1. The Labute approximate surface area is 100 Å². The maximum atomic E-state index is 12.7. The number of carbonyl (C=O) groups is 1. The average molecular weight is 236 g/mol. The number of carbonyl (C=O) groups excluding carboxylic acids is 1. The number of nitrogens with one attached hydrogen (secondary N) is 2. The Hall–Kier alpha value is -1.42. The van der Waals surface area contributed by atoms with Gasteiger partial charge in [-0.3, -0.25) is 4.79 Å². The molecule has 2 N–H and O–H groups in total. The Balaban J connectivity index is 1.81. The number of benzene rings is 1. The summed E-state index contributed by atoms with van der Waals surface area (Å²) in [7, 11) is 0. The molecule has 3 nitrogen and oxygen atoms in total. The lowest BCUT2D eigenvalue weighted by Crippen LogP contribution is -2.46. The summed E-state index contributed by atoms with van der Waals surface area (Å²) in [5.41, 5.74) is 0.913. The summed E-state index contributed by atoms with van der Waals surface area (Å²) in [5, 5.41) is 6.06. The van der Waals surface area contributed by atoms with Crippen molar-refractivity contribution in [3.8, 4) is 0 Å². The Morgan fingerprint density at radius 3 is 2.76 bits per heavy atom. The molecule has 1 saturated heterocycles. The quantitative estimate of drug-likeness (QED) is 0.836. The second-order valence-electron chi connectivity index (χ2n) is 4.35. The van der Waals surface area contributed by atoms with E-state index >= 15 is 0 Å². The van der Waals surface area contributed by atoms with Crippen LogP contribution in [0.4, 0.5) is 4.39 Å². The first-order chi connectivity index (χ1) is 8.25. The average Bonchev–Trinajstić information content (AvgIpc) is 2.39. The van der Waals surface area contributed by atoms with Crippen LogP contribution in [0.25, 0.3) is 0 Å². The number of piperidine rings is 1. The summed E-state index contributed by atoms with van der Waals surface area (Å²) in [4.78, 5) is 11.8. The summed E-state index contributed by atoms with van der Waals surface area (Å²) in [6.45, 7) is 1.37. The molecule has 92 valence electrons. The lowest BCUT2D eigenvalue weighted by atomic mass is 10.0. The first kappa shape index (κ1) is 12.0. The fraction of sp³-hybridized carbons (Fsp3) is 0.462. The molecule has 0 spiro atoms. The third-order valence-corrected chi connectivity index (χ3v) is 3.01. The van der Waals surface area contributed by atoms with Crippen LogP contribution in [0.1, 0.15) is 24.8 Å². The molecule has 0 saturated carbocycles. The first-order valence-corrected chi connectivity index (χ1v) is 6.01. The molecule has 1 aromatic rings. The van der Waals surface area contributed by atoms with E-state index in [0.717, 1.165) is 31.4 Å². The van der Waals surface area contributed by atoms with Crippen LogP contribution in [-0.2, 0) is 11.3 Å². The van der Waals surface area contributed by atoms with E-state index in [1.165, 1.54) is 12.1 Å². The third kappa shape index (κ3) is 3.53. The van der Waals surface area contributed by atoms with Crippen LogP contribution >= 0.6 is 0 Å². The minimum absolute atomic E-state index is 0.0361. The van der Waals surface area contributed by atoms with Crippen molar-refractivity contribution in [1.29, 1.82) is 0 Å². The van der Waals surface area contributed by atoms with Crippen LogP contribution in [0.15, 0.2) is 24.3 Å². The van der Waals surface area contributed by atoms with Crippen molar-refractivity contribution in [3.63, 3.8) is 0 Å². The predicted molar refractivity (Wildman–Crippen MR) is 63.9 cm³/mol. The van der Waals surface area contributed by atoms with E-state index in [9.17, 15) is 9.18 Å². The molecule has 2 rings (SSSR count). The molecule has 1 heterocycles. The fourth-order valence-electron chi connectivity index (χ4n) is 1.99.